The summed E-state index contributed by atoms with van der Waals surface area (Å²) in [4.78, 5) is 24.3. The number of ether oxygens (including phenoxy) is 1. The van der Waals surface area contributed by atoms with E-state index in [4.69, 9.17) is 9.15 Å². The average molecular weight is 426 g/mol. The molecule has 1 aliphatic rings. The van der Waals surface area contributed by atoms with Gasteiger partial charge in [-0.2, -0.15) is 0 Å². The second-order valence-corrected chi connectivity index (χ2v) is 7.75. The van der Waals surface area contributed by atoms with E-state index in [0.29, 0.717) is 24.4 Å². The van der Waals surface area contributed by atoms with E-state index in [1.54, 1.807) is 12.1 Å². The molecule has 0 saturated carbocycles. The van der Waals surface area contributed by atoms with Crippen molar-refractivity contribution in [2.24, 2.45) is 0 Å². The Kier molecular flexibility index (Phi) is 5.34. The van der Waals surface area contributed by atoms with Gasteiger partial charge >= 0.3 is 0 Å². The average Bonchev–Trinajstić information content (AvgIpc) is 3.25. The van der Waals surface area contributed by atoms with Crippen LogP contribution in [0.5, 0.6) is 5.75 Å². The lowest BCUT2D eigenvalue weighted by molar-refractivity contribution is -0.123. The number of carbonyl (C=O) groups excluding carboxylic acids is 2. The maximum absolute atomic E-state index is 12.8. The number of nitrogens with one attached hydrogen (secondary N) is 2. The number of hydrogen-bond donors (Lipinski definition) is 2. The molecule has 2 heterocycles. The predicted octanol–water partition coefficient (Wildman–Crippen LogP) is 4.60. The van der Waals surface area contributed by atoms with Crippen molar-refractivity contribution < 1.29 is 18.7 Å². The molecule has 32 heavy (non-hydrogen) atoms. The van der Waals surface area contributed by atoms with E-state index in [1.807, 2.05) is 66.7 Å². The summed E-state index contributed by atoms with van der Waals surface area (Å²) in [6, 6.07) is 24.4. The van der Waals surface area contributed by atoms with Crippen molar-refractivity contribution in [1.29, 1.82) is 0 Å². The molecule has 1 atom stereocenters. The highest BCUT2D eigenvalue weighted by atomic mass is 16.5. The molecule has 0 radical (unpaired) electrons. The summed E-state index contributed by atoms with van der Waals surface area (Å²) >= 11 is 0. The Balaban J connectivity index is 1.31. The Labute approximate surface area is 185 Å². The Hall–Kier alpha value is -4.06. The predicted molar refractivity (Wildman–Crippen MR) is 122 cm³/mol. The fraction of sp³-hybridized carbons (Fsp3) is 0.154. The van der Waals surface area contributed by atoms with Gasteiger partial charge in [-0.15, -0.1) is 0 Å². The molecular weight excluding hydrogens is 404 g/mol. The van der Waals surface area contributed by atoms with Gasteiger partial charge in [0.1, 0.15) is 23.1 Å². The molecule has 160 valence electrons. The van der Waals surface area contributed by atoms with E-state index >= 15 is 0 Å². The lowest BCUT2D eigenvalue weighted by Crippen LogP contribution is -2.33. The summed E-state index contributed by atoms with van der Waals surface area (Å²) in [5.41, 5.74) is 3.50. The van der Waals surface area contributed by atoms with Crippen LogP contribution in [0.25, 0.3) is 11.0 Å². The molecule has 5 rings (SSSR count). The summed E-state index contributed by atoms with van der Waals surface area (Å²) in [5.74, 6) is 1.01. The van der Waals surface area contributed by atoms with Crippen molar-refractivity contribution in [2.75, 3.05) is 11.9 Å². The van der Waals surface area contributed by atoms with Crippen molar-refractivity contribution in [2.45, 2.75) is 18.9 Å². The van der Waals surface area contributed by atoms with E-state index in [-0.39, 0.29) is 18.4 Å². The maximum atomic E-state index is 12.8. The minimum atomic E-state index is -0.432. The van der Waals surface area contributed by atoms with Crippen LogP contribution in [0.15, 0.2) is 83.3 Å². The summed E-state index contributed by atoms with van der Waals surface area (Å²) in [7, 11) is 0. The smallest absolute Gasteiger partial charge is 0.258 e. The van der Waals surface area contributed by atoms with E-state index in [1.165, 1.54) is 0 Å². The molecule has 0 bridgehead atoms. The Morgan fingerprint density at radius 3 is 2.66 bits per heavy atom. The number of amides is 2. The minimum absolute atomic E-state index is 0.0167. The van der Waals surface area contributed by atoms with Gasteiger partial charge in [0.15, 0.2) is 6.61 Å². The Bertz CT molecular complexity index is 1250. The summed E-state index contributed by atoms with van der Waals surface area (Å²) in [6.07, 6.45) is 1.11. The number of carbonyl (C=O) groups is 2. The van der Waals surface area contributed by atoms with E-state index < -0.39 is 6.04 Å². The molecule has 6 nitrogen and oxygen atoms in total. The molecule has 0 spiro atoms. The monoisotopic (exact) mass is 426 g/mol. The molecule has 1 aliphatic heterocycles. The number of aryl methyl sites for hydroxylation is 1. The second-order valence-electron chi connectivity index (χ2n) is 7.75. The SMILES string of the molecule is O=C1CCc2cc(OCC(=O)NC(c3ccccc3)c3cc4ccccc4o3)ccc2N1. The molecule has 2 amide bonds. The molecule has 0 fully saturated rings. The van der Waals surface area contributed by atoms with Crippen LogP contribution in [0, 0.1) is 0 Å². The van der Waals surface area contributed by atoms with Gasteiger partial charge in [0, 0.05) is 17.5 Å². The summed E-state index contributed by atoms with van der Waals surface area (Å²) in [5, 5.41) is 6.86. The van der Waals surface area contributed by atoms with Gasteiger partial charge in [0.25, 0.3) is 5.91 Å². The van der Waals surface area contributed by atoms with Crippen molar-refractivity contribution >= 4 is 28.5 Å². The number of para-hydroxylation sites is 1. The van der Waals surface area contributed by atoms with Crippen LogP contribution >= 0.6 is 0 Å². The third-order valence-corrected chi connectivity index (χ3v) is 5.51. The van der Waals surface area contributed by atoms with Gasteiger partial charge in [0.2, 0.25) is 5.91 Å². The van der Waals surface area contributed by atoms with Crippen LogP contribution in [0.4, 0.5) is 5.69 Å². The summed E-state index contributed by atoms with van der Waals surface area (Å²) in [6.45, 7) is -0.130. The molecule has 2 N–H and O–H groups in total. The highest BCUT2D eigenvalue weighted by molar-refractivity contribution is 5.94. The van der Waals surface area contributed by atoms with Gasteiger partial charge in [-0.05, 0) is 47.9 Å². The fourth-order valence-corrected chi connectivity index (χ4v) is 3.91. The molecule has 0 aliphatic carbocycles. The van der Waals surface area contributed by atoms with E-state index in [2.05, 4.69) is 10.6 Å². The normalized spacial score (nSPS) is 13.8. The van der Waals surface area contributed by atoms with Crippen molar-refractivity contribution in [3.05, 3.63) is 95.7 Å². The van der Waals surface area contributed by atoms with Gasteiger partial charge in [0.05, 0.1) is 0 Å². The molecule has 0 saturated heterocycles. The Morgan fingerprint density at radius 1 is 1.00 bits per heavy atom. The van der Waals surface area contributed by atoms with E-state index in [9.17, 15) is 9.59 Å². The largest absolute Gasteiger partial charge is 0.484 e. The first-order valence-corrected chi connectivity index (χ1v) is 10.5. The van der Waals surface area contributed by atoms with Crippen LogP contribution in [0.1, 0.15) is 29.3 Å². The van der Waals surface area contributed by atoms with Crippen molar-refractivity contribution in [3.8, 4) is 5.75 Å². The number of hydrogen-bond acceptors (Lipinski definition) is 4. The van der Waals surface area contributed by atoms with Gasteiger partial charge in [-0.25, -0.2) is 0 Å². The molecule has 1 aromatic heterocycles. The lowest BCUT2D eigenvalue weighted by atomic mass is 10.0. The molecule has 4 aromatic rings. The fourth-order valence-electron chi connectivity index (χ4n) is 3.91. The molecule has 6 heteroatoms. The number of benzene rings is 3. The quantitative estimate of drug-likeness (QED) is 0.472. The first-order chi connectivity index (χ1) is 15.7. The second kappa shape index (κ2) is 8.59. The first kappa shape index (κ1) is 19.9. The zero-order valence-corrected chi connectivity index (χ0v) is 17.3. The van der Waals surface area contributed by atoms with Crippen molar-refractivity contribution in [1.82, 2.24) is 5.32 Å². The number of fused-ring (bicyclic) bond motifs is 2. The molecule has 1 unspecified atom stereocenters. The van der Waals surface area contributed by atoms with Gasteiger partial charge < -0.3 is 19.8 Å². The van der Waals surface area contributed by atoms with Crippen molar-refractivity contribution in [3.63, 3.8) is 0 Å². The number of furan rings is 1. The third kappa shape index (κ3) is 4.21. The lowest BCUT2D eigenvalue weighted by Gasteiger charge is -2.19. The molecular formula is C26H22N2O4. The molecule has 3 aromatic carbocycles. The van der Waals surface area contributed by atoms with Crippen LogP contribution < -0.4 is 15.4 Å². The van der Waals surface area contributed by atoms with Crippen LogP contribution in [-0.4, -0.2) is 18.4 Å². The highest BCUT2D eigenvalue weighted by Gasteiger charge is 2.21. The van der Waals surface area contributed by atoms with Crippen LogP contribution in [0.3, 0.4) is 0 Å². The summed E-state index contributed by atoms with van der Waals surface area (Å²) < 4.78 is 11.8. The first-order valence-electron chi connectivity index (χ1n) is 10.5. The Morgan fingerprint density at radius 2 is 1.81 bits per heavy atom. The van der Waals surface area contributed by atoms with E-state index in [0.717, 1.165) is 27.8 Å². The van der Waals surface area contributed by atoms with Crippen LogP contribution in [-0.2, 0) is 16.0 Å². The number of anilines is 1. The maximum Gasteiger partial charge on any atom is 0.258 e. The number of rotatable bonds is 6. The zero-order chi connectivity index (χ0) is 21.9. The highest BCUT2D eigenvalue weighted by Crippen LogP contribution is 2.29. The van der Waals surface area contributed by atoms with Crippen LogP contribution in [0.2, 0.25) is 0 Å². The minimum Gasteiger partial charge on any atom is -0.484 e. The standard InChI is InChI=1S/C26H22N2O4/c29-24-13-10-18-14-20(11-12-21(18)27-24)31-16-25(30)28-26(17-6-2-1-3-7-17)23-15-19-8-4-5-9-22(19)32-23/h1-9,11-12,14-15,26H,10,13,16H2,(H,27,29)(H,28,30). The topological polar surface area (TPSA) is 80.6 Å². The third-order valence-electron chi connectivity index (χ3n) is 5.51. The van der Waals surface area contributed by atoms with Gasteiger partial charge in [-0.1, -0.05) is 48.5 Å². The van der Waals surface area contributed by atoms with Gasteiger partial charge in [-0.3, -0.25) is 9.59 Å². The zero-order valence-electron chi connectivity index (χ0n) is 17.3.